The topological polar surface area (TPSA) is 92.9 Å². The average Bonchev–Trinajstić information content (AvgIpc) is 3.16. The van der Waals surface area contributed by atoms with E-state index in [9.17, 15) is 14.7 Å². The van der Waals surface area contributed by atoms with Crippen molar-refractivity contribution in [1.29, 1.82) is 0 Å². The summed E-state index contributed by atoms with van der Waals surface area (Å²) in [6.45, 7) is 0.545. The molecule has 160 valence electrons. The number of aromatic nitrogens is 1. The molecule has 4 rings (SSSR count). The Bertz CT molecular complexity index is 1320. The van der Waals surface area contributed by atoms with Crippen molar-refractivity contribution >= 4 is 29.0 Å². The minimum Gasteiger partial charge on any atom is -0.507 e. The van der Waals surface area contributed by atoms with E-state index in [0.717, 1.165) is 22.0 Å². The van der Waals surface area contributed by atoms with Gasteiger partial charge >= 0.3 is 5.97 Å². The van der Waals surface area contributed by atoms with Crippen LogP contribution in [0.4, 0.5) is 0 Å². The molecule has 4 aromatic rings. The maximum absolute atomic E-state index is 12.2. The molecule has 7 heteroatoms. The lowest BCUT2D eigenvalue weighted by Gasteiger charge is -2.07. The Balaban J connectivity index is 1.58. The van der Waals surface area contributed by atoms with Gasteiger partial charge in [0.2, 0.25) is 0 Å². The lowest BCUT2D eigenvalue weighted by Crippen LogP contribution is -2.17. The van der Waals surface area contributed by atoms with Crippen LogP contribution in [0.3, 0.4) is 0 Å². The number of ether oxygens (including phenoxy) is 1. The van der Waals surface area contributed by atoms with Crippen molar-refractivity contribution in [2.45, 2.75) is 6.54 Å². The minimum atomic E-state index is -0.497. The number of para-hydroxylation sites is 2. The maximum Gasteiger partial charge on any atom is 0.337 e. The fourth-order valence-corrected chi connectivity index (χ4v) is 3.51. The predicted octanol–water partition coefficient (Wildman–Crippen LogP) is 3.95. The van der Waals surface area contributed by atoms with E-state index < -0.39 is 5.91 Å². The first kappa shape index (κ1) is 20.9. The zero-order valence-corrected chi connectivity index (χ0v) is 17.4. The number of phenols is 1. The molecule has 1 heterocycles. The van der Waals surface area contributed by atoms with Crippen LogP contribution in [0, 0.1) is 0 Å². The second kappa shape index (κ2) is 9.18. The van der Waals surface area contributed by atoms with Gasteiger partial charge in [-0.3, -0.25) is 4.79 Å². The molecule has 0 saturated carbocycles. The molecule has 0 spiro atoms. The number of benzene rings is 3. The van der Waals surface area contributed by atoms with Gasteiger partial charge in [0.1, 0.15) is 5.75 Å². The summed E-state index contributed by atoms with van der Waals surface area (Å²) in [4.78, 5) is 24.1. The molecule has 0 radical (unpaired) electrons. The first-order chi connectivity index (χ1) is 15.6. The van der Waals surface area contributed by atoms with Crippen LogP contribution >= 0.6 is 0 Å². The number of aromatic hydroxyl groups is 1. The molecular weight excluding hydrogens is 406 g/mol. The number of methoxy groups -OCH3 is 1. The molecule has 0 unspecified atom stereocenters. The third kappa shape index (κ3) is 4.37. The summed E-state index contributed by atoms with van der Waals surface area (Å²) in [6, 6.07) is 21.4. The summed E-state index contributed by atoms with van der Waals surface area (Å²) >= 11 is 0. The highest BCUT2D eigenvalue weighted by molar-refractivity contribution is 6.01. The third-order valence-corrected chi connectivity index (χ3v) is 5.04. The number of fused-ring (bicyclic) bond motifs is 1. The largest absolute Gasteiger partial charge is 0.507 e. The quantitative estimate of drug-likeness (QED) is 0.277. The summed E-state index contributed by atoms with van der Waals surface area (Å²) < 4.78 is 6.86. The van der Waals surface area contributed by atoms with E-state index in [-0.39, 0.29) is 17.3 Å². The Morgan fingerprint density at radius 2 is 1.84 bits per heavy atom. The number of hydrogen-bond donors (Lipinski definition) is 2. The first-order valence-corrected chi connectivity index (χ1v) is 9.93. The van der Waals surface area contributed by atoms with Gasteiger partial charge in [-0.2, -0.15) is 5.10 Å². The smallest absolute Gasteiger partial charge is 0.337 e. The Hall–Kier alpha value is -4.39. The van der Waals surface area contributed by atoms with E-state index >= 15 is 0 Å². The van der Waals surface area contributed by atoms with Gasteiger partial charge in [-0.05, 0) is 35.9 Å². The number of nitrogens with zero attached hydrogens (tertiary/aromatic N) is 2. The van der Waals surface area contributed by atoms with Gasteiger partial charge in [0.25, 0.3) is 5.91 Å². The Morgan fingerprint density at radius 1 is 1.06 bits per heavy atom. The van der Waals surface area contributed by atoms with Crippen LogP contribution in [0.5, 0.6) is 5.75 Å². The SMILES string of the molecule is COC(=O)c1cccc(Cn2cc(/C=N/NC(=O)c3ccccc3O)c3ccccc32)c1. The van der Waals surface area contributed by atoms with Crippen molar-refractivity contribution in [3.8, 4) is 5.75 Å². The molecule has 0 atom stereocenters. The molecule has 0 saturated heterocycles. The fraction of sp³-hybridized carbons (Fsp3) is 0.0800. The van der Waals surface area contributed by atoms with Gasteiger partial charge < -0.3 is 14.4 Å². The maximum atomic E-state index is 12.2. The number of amides is 1. The van der Waals surface area contributed by atoms with Crippen molar-refractivity contribution in [3.63, 3.8) is 0 Å². The van der Waals surface area contributed by atoms with E-state index in [2.05, 4.69) is 15.1 Å². The molecule has 7 nitrogen and oxygen atoms in total. The van der Waals surface area contributed by atoms with Gasteiger partial charge in [-0.1, -0.05) is 42.5 Å². The Kier molecular flexibility index (Phi) is 5.98. The van der Waals surface area contributed by atoms with Gasteiger partial charge in [0, 0.05) is 29.2 Å². The molecule has 1 amide bonds. The van der Waals surface area contributed by atoms with Crippen LogP contribution in [0.1, 0.15) is 31.8 Å². The molecule has 1 aromatic heterocycles. The predicted molar refractivity (Wildman–Crippen MR) is 122 cm³/mol. The van der Waals surface area contributed by atoms with E-state index in [1.165, 1.54) is 19.2 Å². The summed E-state index contributed by atoms with van der Waals surface area (Å²) in [6.07, 6.45) is 3.51. The van der Waals surface area contributed by atoms with Crippen molar-refractivity contribution < 1.29 is 19.4 Å². The number of phenolic OH excluding ortho intramolecular Hbond substituents is 1. The van der Waals surface area contributed by atoms with Crippen LogP contribution in [0.2, 0.25) is 0 Å². The molecule has 0 aliphatic rings. The first-order valence-electron chi connectivity index (χ1n) is 9.93. The van der Waals surface area contributed by atoms with E-state index in [1.807, 2.05) is 42.6 Å². The van der Waals surface area contributed by atoms with E-state index in [1.54, 1.807) is 30.5 Å². The van der Waals surface area contributed by atoms with Gasteiger partial charge in [-0.25, -0.2) is 10.2 Å². The number of nitrogens with one attached hydrogen (secondary N) is 1. The van der Waals surface area contributed by atoms with Crippen LogP contribution in [0.25, 0.3) is 10.9 Å². The number of esters is 1. The fourth-order valence-electron chi connectivity index (χ4n) is 3.51. The lowest BCUT2D eigenvalue weighted by molar-refractivity contribution is 0.0600. The zero-order chi connectivity index (χ0) is 22.5. The number of carbonyl (C=O) groups excluding carboxylic acids is 2. The number of carbonyl (C=O) groups is 2. The zero-order valence-electron chi connectivity index (χ0n) is 17.4. The van der Waals surface area contributed by atoms with Crippen molar-refractivity contribution in [3.05, 3.63) is 101 Å². The number of hydrazone groups is 1. The molecule has 0 bridgehead atoms. The van der Waals surface area contributed by atoms with E-state index in [0.29, 0.717) is 12.1 Å². The van der Waals surface area contributed by atoms with Crippen LogP contribution in [-0.2, 0) is 11.3 Å². The second-order valence-electron chi connectivity index (χ2n) is 7.14. The molecule has 0 fully saturated rings. The molecular formula is C25H21N3O4. The molecule has 32 heavy (non-hydrogen) atoms. The highest BCUT2D eigenvalue weighted by atomic mass is 16.5. The van der Waals surface area contributed by atoms with Crippen molar-refractivity contribution in [1.82, 2.24) is 9.99 Å². The van der Waals surface area contributed by atoms with Gasteiger partial charge in [0.15, 0.2) is 0 Å². The van der Waals surface area contributed by atoms with Gasteiger partial charge in [0.05, 0.1) is 24.5 Å². The summed E-state index contributed by atoms with van der Waals surface area (Å²) in [7, 11) is 1.36. The van der Waals surface area contributed by atoms with Crippen LogP contribution < -0.4 is 5.43 Å². The average molecular weight is 427 g/mol. The van der Waals surface area contributed by atoms with Crippen LogP contribution in [-0.4, -0.2) is 34.9 Å². The molecule has 0 aliphatic carbocycles. The Labute approximate surface area is 184 Å². The molecule has 2 N–H and O–H groups in total. The Morgan fingerprint density at radius 3 is 2.66 bits per heavy atom. The summed E-state index contributed by atoms with van der Waals surface area (Å²) in [5.74, 6) is -0.981. The minimum absolute atomic E-state index is 0.106. The normalized spacial score (nSPS) is 11.0. The summed E-state index contributed by atoms with van der Waals surface area (Å²) in [5, 5.41) is 14.8. The number of rotatable bonds is 6. The van der Waals surface area contributed by atoms with Crippen molar-refractivity contribution in [2.24, 2.45) is 5.10 Å². The molecule has 3 aromatic carbocycles. The molecule has 0 aliphatic heterocycles. The summed E-state index contributed by atoms with van der Waals surface area (Å²) in [5.41, 5.74) is 5.86. The lowest BCUT2D eigenvalue weighted by atomic mass is 10.1. The number of hydrogen-bond acceptors (Lipinski definition) is 5. The third-order valence-electron chi connectivity index (χ3n) is 5.04. The monoisotopic (exact) mass is 427 g/mol. The highest BCUT2D eigenvalue weighted by Crippen LogP contribution is 2.22. The van der Waals surface area contributed by atoms with Gasteiger partial charge in [-0.15, -0.1) is 0 Å². The van der Waals surface area contributed by atoms with E-state index in [4.69, 9.17) is 4.74 Å². The van der Waals surface area contributed by atoms with Crippen molar-refractivity contribution in [2.75, 3.05) is 7.11 Å². The highest BCUT2D eigenvalue weighted by Gasteiger charge is 2.11. The second-order valence-corrected chi connectivity index (χ2v) is 7.14. The standard InChI is InChI=1S/C25H21N3O4/c1-32-25(31)18-8-6-7-17(13-18)15-28-16-19(20-9-2-4-11-22(20)28)14-26-27-24(30)21-10-3-5-12-23(21)29/h2-14,16,29H,15H2,1H3,(H,27,30)/b26-14+. The van der Waals surface area contributed by atoms with Crippen LogP contribution in [0.15, 0.2) is 84.1 Å².